The lowest BCUT2D eigenvalue weighted by atomic mass is 10.1. The molecule has 1 fully saturated rings. The Morgan fingerprint density at radius 2 is 2.26 bits per heavy atom. The maximum absolute atomic E-state index is 5.96. The summed E-state index contributed by atoms with van der Waals surface area (Å²) in [6, 6.07) is 2.50. The zero-order chi connectivity index (χ0) is 13.2. The van der Waals surface area contributed by atoms with Gasteiger partial charge in [-0.25, -0.2) is 9.50 Å². The Hall–Kier alpha value is -1.62. The van der Waals surface area contributed by atoms with Gasteiger partial charge in [0.25, 0.3) is 0 Å². The van der Waals surface area contributed by atoms with Gasteiger partial charge in [0.1, 0.15) is 5.52 Å². The summed E-state index contributed by atoms with van der Waals surface area (Å²) >= 11 is 0. The van der Waals surface area contributed by atoms with Gasteiger partial charge in [-0.3, -0.25) is 0 Å². The molecular weight excluding hydrogens is 238 g/mol. The summed E-state index contributed by atoms with van der Waals surface area (Å²) in [5.74, 6) is 1.03. The molecule has 0 radical (unpaired) electrons. The molecule has 2 aromatic heterocycles. The molecule has 5 nitrogen and oxygen atoms in total. The van der Waals surface area contributed by atoms with Crippen LogP contribution in [0.2, 0.25) is 0 Å². The van der Waals surface area contributed by atoms with E-state index in [0.717, 1.165) is 30.0 Å². The van der Waals surface area contributed by atoms with E-state index >= 15 is 0 Å². The van der Waals surface area contributed by atoms with E-state index in [1.165, 1.54) is 19.3 Å². The summed E-state index contributed by atoms with van der Waals surface area (Å²) in [4.78, 5) is 6.97. The second kappa shape index (κ2) is 5.17. The number of nitrogens with two attached hydrogens (primary N) is 1. The predicted molar refractivity (Wildman–Crippen MR) is 76.4 cm³/mol. The van der Waals surface area contributed by atoms with E-state index in [0.29, 0.717) is 12.6 Å². The van der Waals surface area contributed by atoms with E-state index in [-0.39, 0.29) is 0 Å². The third kappa shape index (κ3) is 2.30. The topological polar surface area (TPSA) is 59.5 Å². The minimum atomic E-state index is 0.399. The van der Waals surface area contributed by atoms with Crippen molar-refractivity contribution in [3.8, 4) is 0 Å². The second-order valence-corrected chi connectivity index (χ2v) is 5.30. The Morgan fingerprint density at radius 3 is 3.11 bits per heavy atom. The molecule has 0 saturated carbocycles. The maximum atomic E-state index is 5.96. The number of fused-ring (bicyclic) bond motifs is 1. The molecule has 0 bridgehead atoms. The standard InChI is InChI=1S/C14H21N5/c1-11-9-13-14(16-6-8-19(13)17-11)18-7-4-2-3-5-12(18)10-15/h6,8-9,12H,2-5,7,10,15H2,1H3. The summed E-state index contributed by atoms with van der Waals surface area (Å²) in [6.07, 6.45) is 8.65. The van der Waals surface area contributed by atoms with Crippen LogP contribution >= 0.6 is 0 Å². The van der Waals surface area contributed by atoms with Gasteiger partial charge in [-0.15, -0.1) is 0 Å². The molecule has 3 rings (SSSR count). The molecule has 19 heavy (non-hydrogen) atoms. The molecule has 1 saturated heterocycles. The fraction of sp³-hybridized carbons (Fsp3) is 0.571. The van der Waals surface area contributed by atoms with Gasteiger partial charge in [-0.1, -0.05) is 12.8 Å². The lowest BCUT2D eigenvalue weighted by Gasteiger charge is -2.30. The monoisotopic (exact) mass is 259 g/mol. The molecular formula is C14H21N5. The highest BCUT2D eigenvalue weighted by molar-refractivity contribution is 5.69. The highest BCUT2D eigenvalue weighted by Gasteiger charge is 2.23. The fourth-order valence-electron chi connectivity index (χ4n) is 2.95. The average molecular weight is 259 g/mol. The summed E-state index contributed by atoms with van der Waals surface area (Å²) in [7, 11) is 0. The van der Waals surface area contributed by atoms with Crippen molar-refractivity contribution in [3.05, 3.63) is 24.2 Å². The van der Waals surface area contributed by atoms with Crippen molar-refractivity contribution >= 4 is 11.3 Å². The molecule has 0 amide bonds. The van der Waals surface area contributed by atoms with E-state index in [9.17, 15) is 0 Å². The zero-order valence-electron chi connectivity index (χ0n) is 11.4. The minimum absolute atomic E-state index is 0.399. The quantitative estimate of drug-likeness (QED) is 0.892. The lowest BCUT2D eigenvalue weighted by Crippen LogP contribution is -2.41. The van der Waals surface area contributed by atoms with E-state index < -0.39 is 0 Å². The van der Waals surface area contributed by atoms with E-state index in [1.807, 2.05) is 23.8 Å². The first-order valence-electron chi connectivity index (χ1n) is 7.07. The number of anilines is 1. The summed E-state index contributed by atoms with van der Waals surface area (Å²) in [6.45, 7) is 3.74. The second-order valence-electron chi connectivity index (χ2n) is 5.30. The summed E-state index contributed by atoms with van der Waals surface area (Å²) in [5, 5.41) is 4.46. The lowest BCUT2D eigenvalue weighted by molar-refractivity contribution is 0.576. The molecule has 0 aliphatic carbocycles. The van der Waals surface area contributed by atoms with Gasteiger partial charge in [0.15, 0.2) is 5.82 Å². The normalized spacial score (nSPS) is 20.7. The molecule has 102 valence electrons. The van der Waals surface area contributed by atoms with Crippen molar-refractivity contribution in [1.29, 1.82) is 0 Å². The van der Waals surface area contributed by atoms with Crippen LogP contribution in [-0.4, -0.2) is 33.7 Å². The van der Waals surface area contributed by atoms with Crippen molar-refractivity contribution in [2.24, 2.45) is 5.73 Å². The molecule has 3 heterocycles. The van der Waals surface area contributed by atoms with E-state index in [2.05, 4.69) is 21.0 Å². The Morgan fingerprint density at radius 1 is 1.37 bits per heavy atom. The van der Waals surface area contributed by atoms with Gasteiger partial charge in [-0.2, -0.15) is 5.10 Å². The maximum Gasteiger partial charge on any atom is 0.154 e. The molecule has 1 aliphatic heterocycles. The molecule has 2 aromatic rings. The third-order valence-corrected chi connectivity index (χ3v) is 3.91. The zero-order valence-corrected chi connectivity index (χ0v) is 11.4. The molecule has 2 N–H and O–H groups in total. The van der Waals surface area contributed by atoms with Gasteiger partial charge in [0.05, 0.1) is 5.69 Å². The third-order valence-electron chi connectivity index (χ3n) is 3.91. The van der Waals surface area contributed by atoms with Crippen molar-refractivity contribution < 1.29 is 0 Å². The molecule has 0 spiro atoms. The van der Waals surface area contributed by atoms with Crippen LogP contribution in [0.15, 0.2) is 18.5 Å². The highest BCUT2D eigenvalue weighted by atomic mass is 15.3. The SMILES string of the molecule is Cc1cc2c(N3CCCCCC3CN)nccn2n1. The minimum Gasteiger partial charge on any atom is -0.351 e. The Bertz CT molecular complexity index is 562. The van der Waals surface area contributed by atoms with Crippen LogP contribution in [0.1, 0.15) is 31.4 Å². The number of aromatic nitrogens is 3. The largest absolute Gasteiger partial charge is 0.351 e. The van der Waals surface area contributed by atoms with Gasteiger partial charge < -0.3 is 10.6 Å². The summed E-state index contributed by atoms with van der Waals surface area (Å²) in [5.41, 5.74) is 8.06. The first-order valence-corrected chi connectivity index (χ1v) is 7.07. The Kier molecular flexibility index (Phi) is 3.38. The van der Waals surface area contributed by atoms with Crippen LogP contribution in [0.3, 0.4) is 0 Å². The molecule has 1 atom stereocenters. The molecule has 1 unspecified atom stereocenters. The number of nitrogens with zero attached hydrogens (tertiary/aromatic N) is 4. The summed E-state index contributed by atoms with van der Waals surface area (Å²) < 4.78 is 1.91. The van der Waals surface area contributed by atoms with E-state index in [1.54, 1.807) is 0 Å². The van der Waals surface area contributed by atoms with Gasteiger partial charge in [0, 0.05) is 31.5 Å². The molecule has 1 aliphatic rings. The van der Waals surface area contributed by atoms with Crippen LogP contribution < -0.4 is 10.6 Å². The Balaban J connectivity index is 2.05. The Labute approximate surface area is 113 Å². The molecule has 5 heteroatoms. The number of hydrogen-bond donors (Lipinski definition) is 1. The van der Waals surface area contributed by atoms with Crippen molar-refractivity contribution in [3.63, 3.8) is 0 Å². The predicted octanol–water partition coefficient (Wildman–Crippen LogP) is 1.75. The van der Waals surface area contributed by atoms with Gasteiger partial charge in [-0.05, 0) is 25.8 Å². The number of aryl methyl sites for hydroxylation is 1. The van der Waals surface area contributed by atoms with Crippen LogP contribution in [0.4, 0.5) is 5.82 Å². The number of hydrogen-bond acceptors (Lipinski definition) is 4. The van der Waals surface area contributed by atoms with Crippen molar-refractivity contribution in [1.82, 2.24) is 14.6 Å². The smallest absolute Gasteiger partial charge is 0.154 e. The van der Waals surface area contributed by atoms with E-state index in [4.69, 9.17) is 5.73 Å². The van der Waals surface area contributed by atoms with Crippen LogP contribution in [0.5, 0.6) is 0 Å². The van der Waals surface area contributed by atoms with Gasteiger partial charge in [0.2, 0.25) is 0 Å². The number of rotatable bonds is 2. The van der Waals surface area contributed by atoms with Crippen LogP contribution in [0, 0.1) is 6.92 Å². The van der Waals surface area contributed by atoms with Gasteiger partial charge >= 0.3 is 0 Å². The first kappa shape index (κ1) is 12.4. The average Bonchev–Trinajstić information content (AvgIpc) is 2.65. The van der Waals surface area contributed by atoms with Crippen molar-refractivity contribution in [2.75, 3.05) is 18.0 Å². The van der Waals surface area contributed by atoms with Crippen LogP contribution in [-0.2, 0) is 0 Å². The fourth-order valence-corrected chi connectivity index (χ4v) is 2.95. The van der Waals surface area contributed by atoms with Crippen molar-refractivity contribution in [2.45, 2.75) is 38.6 Å². The molecule has 0 aromatic carbocycles. The highest BCUT2D eigenvalue weighted by Crippen LogP contribution is 2.26. The first-order chi connectivity index (χ1) is 9.29. The van der Waals surface area contributed by atoms with Crippen LogP contribution in [0.25, 0.3) is 5.52 Å².